The van der Waals surface area contributed by atoms with E-state index in [-0.39, 0.29) is 11.5 Å². The van der Waals surface area contributed by atoms with Crippen LogP contribution in [0.2, 0.25) is 0 Å². The van der Waals surface area contributed by atoms with Gasteiger partial charge in [0.25, 0.3) is 0 Å². The standard InChI is InChI=1S/C13H19NO3S/c1-2-17-12(15)14-10-13(5-7-16-8-6-13)11-4-3-9-18-11/h3-4,9H,2,5-8,10H2,1H3,(H,14,15). The van der Waals surface area contributed by atoms with Crippen molar-refractivity contribution in [2.24, 2.45) is 0 Å². The molecule has 2 heterocycles. The van der Waals surface area contributed by atoms with E-state index in [4.69, 9.17) is 9.47 Å². The van der Waals surface area contributed by atoms with Gasteiger partial charge in [-0.15, -0.1) is 11.3 Å². The van der Waals surface area contributed by atoms with Crippen molar-refractivity contribution >= 4 is 17.4 Å². The Bertz CT molecular complexity index is 372. The van der Waals surface area contributed by atoms with E-state index in [1.807, 2.05) is 6.92 Å². The van der Waals surface area contributed by atoms with Gasteiger partial charge in [0, 0.05) is 30.1 Å². The quantitative estimate of drug-likeness (QED) is 0.913. The lowest BCUT2D eigenvalue weighted by Gasteiger charge is -2.36. The summed E-state index contributed by atoms with van der Waals surface area (Å²) in [5.74, 6) is 0. The van der Waals surface area contributed by atoms with Gasteiger partial charge >= 0.3 is 6.09 Å². The molecule has 1 aromatic rings. The molecule has 0 aliphatic carbocycles. The number of rotatable bonds is 4. The van der Waals surface area contributed by atoms with Gasteiger partial charge in [-0.1, -0.05) is 6.07 Å². The van der Waals surface area contributed by atoms with E-state index >= 15 is 0 Å². The molecule has 1 aromatic heterocycles. The normalized spacial score (nSPS) is 18.3. The fourth-order valence-electron chi connectivity index (χ4n) is 2.28. The van der Waals surface area contributed by atoms with Gasteiger partial charge in [0.15, 0.2) is 0 Å². The minimum absolute atomic E-state index is 0.0131. The van der Waals surface area contributed by atoms with Crippen molar-refractivity contribution < 1.29 is 14.3 Å². The lowest BCUT2D eigenvalue weighted by Crippen LogP contribution is -2.44. The SMILES string of the molecule is CCOC(=O)NCC1(c2cccs2)CCOCC1. The summed E-state index contributed by atoms with van der Waals surface area (Å²) in [6.45, 7) is 4.34. The van der Waals surface area contributed by atoms with Gasteiger partial charge in [0.1, 0.15) is 0 Å². The summed E-state index contributed by atoms with van der Waals surface area (Å²) in [6, 6.07) is 4.20. The Kier molecular flexibility index (Phi) is 4.60. The van der Waals surface area contributed by atoms with Crippen LogP contribution in [-0.4, -0.2) is 32.5 Å². The molecule has 4 nitrogen and oxygen atoms in total. The second kappa shape index (κ2) is 6.20. The first-order valence-electron chi connectivity index (χ1n) is 6.29. The number of hydrogen-bond acceptors (Lipinski definition) is 4. The molecule has 18 heavy (non-hydrogen) atoms. The lowest BCUT2D eigenvalue weighted by atomic mass is 9.79. The highest BCUT2D eigenvalue weighted by Crippen LogP contribution is 2.36. The number of hydrogen-bond donors (Lipinski definition) is 1. The van der Waals surface area contributed by atoms with Crippen LogP contribution in [0, 0.1) is 0 Å². The highest BCUT2D eigenvalue weighted by molar-refractivity contribution is 7.10. The Hall–Kier alpha value is -1.07. The minimum Gasteiger partial charge on any atom is -0.450 e. The second-order valence-electron chi connectivity index (χ2n) is 4.44. The van der Waals surface area contributed by atoms with Crippen molar-refractivity contribution in [1.29, 1.82) is 0 Å². The monoisotopic (exact) mass is 269 g/mol. The fourth-order valence-corrected chi connectivity index (χ4v) is 3.26. The molecule has 0 unspecified atom stereocenters. The number of carbonyl (C=O) groups excluding carboxylic acids is 1. The Morgan fingerprint density at radius 3 is 2.94 bits per heavy atom. The first-order chi connectivity index (χ1) is 8.77. The van der Waals surface area contributed by atoms with Crippen LogP contribution in [0.3, 0.4) is 0 Å². The van der Waals surface area contributed by atoms with Crippen molar-refractivity contribution in [1.82, 2.24) is 5.32 Å². The molecule has 1 aliphatic rings. The molecule has 5 heteroatoms. The minimum atomic E-state index is -0.333. The molecule has 2 rings (SSSR count). The summed E-state index contributed by atoms with van der Waals surface area (Å²) >= 11 is 1.75. The fraction of sp³-hybridized carbons (Fsp3) is 0.615. The highest BCUT2D eigenvalue weighted by atomic mass is 32.1. The average Bonchev–Trinajstić information content (AvgIpc) is 2.92. The first-order valence-corrected chi connectivity index (χ1v) is 7.17. The van der Waals surface area contributed by atoms with Crippen LogP contribution < -0.4 is 5.32 Å². The van der Waals surface area contributed by atoms with Crippen LogP contribution in [0.4, 0.5) is 4.79 Å². The molecular formula is C13H19NO3S. The predicted molar refractivity (Wildman–Crippen MR) is 71.1 cm³/mol. The molecular weight excluding hydrogens is 250 g/mol. The molecule has 1 aliphatic heterocycles. The van der Waals surface area contributed by atoms with Crippen LogP contribution in [0.5, 0.6) is 0 Å². The summed E-state index contributed by atoms with van der Waals surface area (Å²) in [6.07, 6.45) is 1.56. The smallest absolute Gasteiger partial charge is 0.407 e. The zero-order valence-electron chi connectivity index (χ0n) is 10.6. The third-order valence-corrected chi connectivity index (χ3v) is 4.46. The Morgan fingerprint density at radius 2 is 2.33 bits per heavy atom. The molecule has 1 saturated heterocycles. The highest BCUT2D eigenvalue weighted by Gasteiger charge is 2.35. The van der Waals surface area contributed by atoms with Crippen molar-refractivity contribution in [3.8, 4) is 0 Å². The molecule has 1 amide bonds. The summed E-state index contributed by atoms with van der Waals surface area (Å²) in [5.41, 5.74) is 0.0131. The van der Waals surface area contributed by atoms with Crippen LogP contribution in [0.1, 0.15) is 24.6 Å². The maximum atomic E-state index is 11.4. The molecule has 0 spiro atoms. The van der Waals surface area contributed by atoms with Gasteiger partial charge in [-0.05, 0) is 31.2 Å². The summed E-state index contributed by atoms with van der Waals surface area (Å²) in [7, 11) is 0. The van der Waals surface area contributed by atoms with E-state index in [1.54, 1.807) is 11.3 Å². The molecule has 0 saturated carbocycles. The van der Waals surface area contributed by atoms with E-state index in [2.05, 4.69) is 22.8 Å². The summed E-state index contributed by atoms with van der Waals surface area (Å²) < 4.78 is 10.4. The Balaban J connectivity index is 2.03. The van der Waals surface area contributed by atoms with Crippen LogP contribution in [0.25, 0.3) is 0 Å². The van der Waals surface area contributed by atoms with Crippen LogP contribution >= 0.6 is 11.3 Å². The average molecular weight is 269 g/mol. The summed E-state index contributed by atoms with van der Waals surface area (Å²) in [4.78, 5) is 12.8. The van der Waals surface area contributed by atoms with E-state index in [0.717, 1.165) is 26.1 Å². The van der Waals surface area contributed by atoms with Gasteiger partial charge in [0.2, 0.25) is 0 Å². The first kappa shape index (κ1) is 13.4. The number of ether oxygens (including phenoxy) is 2. The Labute approximate surface area is 111 Å². The zero-order valence-corrected chi connectivity index (χ0v) is 11.4. The molecule has 0 bridgehead atoms. The van der Waals surface area contributed by atoms with Gasteiger partial charge in [0.05, 0.1) is 6.61 Å². The topological polar surface area (TPSA) is 47.6 Å². The number of thiophene rings is 1. The molecule has 0 atom stereocenters. The molecule has 0 radical (unpaired) electrons. The second-order valence-corrected chi connectivity index (χ2v) is 5.39. The zero-order chi connectivity index (χ0) is 12.8. The van der Waals surface area contributed by atoms with Gasteiger partial charge in [-0.25, -0.2) is 4.79 Å². The van der Waals surface area contributed by atoms with Crippen LogP contribution in [-0.2, 0) is 14.9 Å². The largest absolute Gasteiger partial charge is 0.450 e. The predicted octanol–water partition coefficient (Wildman–Crippen LogP) is 2.54. The van der Waals surface area contributed by atoms with Crippen molar-refractivity contribution in [3.63, 3.8) is 0 Å². The maximum absolute atomic E-state index is 11.4. The third kappa shape index (κ3) is 3.03. The summed E-state index contributed by atoms with van der Waals surface area (Å²) in [5, 5.41) is 4.95. The van der Waals surface area contributed by atoms with Gasteiger partial charge < -0.3 is 14.8 Å². The van der Waals surface area contributed by atoms with E-state index in [0.29, 0.717) is 13.2 Å². The Morgan fingerprint density at radius 1 is 1.56 bits per heavy atom. The van der Waals surface area contributed by atoms with E-state index in [1.165, 1.54) is 4.88 Å². The number of alkyl carbamates (subject to hydrolysis) is 1. The van der Waals surface area contributed by atoms with Gasteiger partial charge in [-0.3, -0.25) is 0 Å². The van der Waals surface area contributed by atoms with Gasteiger partial charge in [-0.2, -0.15) is 0 Å². The van der Waals surface area contributed by atoms with Crippen molar-refractivity contribution in [2.75, 3.05) is 26.4 Å². The van der Waals surface area contributed by atoms with E-state index < -0.39 is 0 Å². The van der Waals surface area contributed by atoms with E-state index in [9.17, 15) is 4.79 Å². The third-order valence-electron chi connectivity index (χ3n) is 3.34. The van der Waals surface area contributed by atoms with Crippen molar-refractivity contribution in [2.45, 2.75) is 25.2 Å². The van der Waals surface area contributed by atoms with Crippen molar-refractivity contribution in [3.05, 3.63) is 22.4 Å². The van der Waals surface area contributed by atoms with Crippen LogP contribution in [0.15, 0.2) is 17.5 Å². The lowest BCUT2D eigenvalue weighted by molar-refractivity contribution is 0.0502. The number of amides is 1. The number of nitrogens with one attached hydrogen (secondary N) is 1. The number of carbonyl (C=O) groups is 1. The molecule has 0 aromatic carbocycles. The molecule has 1 N–H and O–H groups in total. The molecule has 100 valence electrons. The maximum Gasteiger partial charge on any atom is 0.407 e. The molecule has 1 fully saturated rings.